The molecule has 0 aliphatic carbocycles. The predicted molar refractivity (Wildman–Crippen MR) is 126 cm³/mol. The van der Waals surface area contributed by atoms with Crippen molar-refractivity contribution in [1.82, 2.24) is 4.90 Å². The number of morpholine rings is 1. The van der Waals surface area contributed by atoms with Crippen LogP contribution >= 0.6 is 11.6 Å². The number of ether oxygens (including phenoxy) is 2. The Kier molecular flexibility index (Phi) is 7.67. The van der Waals surface area contributed by atoms with Gasteiger partial charge in [-0.25, -0.2) is 0 Å². The molecular weight excluding hydrogens is 456 g/mol. The summed E-state index contributed by atoms with van der Waals surface area (Å²) in [6.45, 7) is 8.06. The van der Waals surface area contributed by atoms with E-state index in [9.17, 15) is 14.7 Å². The van der Waals surface area contributed by atoms with E-state index < -0.39 is 23.5 Å². The first-order valence-corrected chi connectivity index (χ1v) is 11.6. The SMILES string of the molecule is C=CCOc1ccc(C2C(=C([O-])c3ccc(Cl)cc3)C(=O)C(=O)N2CC[NH+]2CCOCC2)cc1. The normalized spacial score (nSPS) is 20.5. The number of likely N-dealkylation sites (tertiary alicyclic amines) is 1. The quantitative estimate of drug-likeness (QED) is 0.263. The van der Waals surface area contributed by atoms with Crippen molar-refractivity contribution in [2.75, 3.05) is 46.0 Å². The van der Waals surface area contributed by atoms with E-state index in [1.807, 2.05) is 0 Å². The second kappa shape index (κ2) is 10.9. The molecule has 178 valence electrons. The number of carbonyl (C=O) groups is 2. The molecule has 0 spiro atoms. The van der Waals surface area contributed by atoms with Gasteiger partial charge in [0.05, 0.1) is 32.3 Å². The summed E-state index contributed by atoms with van der Waals surface area (Å²) in [5, 5.41) is 13.9. The van der Waals surface area contributed by atoms with Gasteiger partial charge in [0.2, 0.25) is 5.78 Å². The van der Waals surface area contributed by atoms with Crippen LogP contribution in [-0.2, 0) is 14.3 Å². The molecule has 2 aliphatic rings. The fraction of sp³-hybridized carbons (Fsp3) is 0.308. The van der Waals surface area contributed by atoms with Crippen LogP contribution in [0, 0.1) is 0 Å². The van der Waals surface area contributed by atoms with Crippen LogP contribution in [-0.4, -0.2) is 62.6 Å². The van der Waals surface area contributed by atoms with Crippen LogP contribution in [0.2, 0.25) is 5.02 Å². The number of halogens is 1. The van der Waals surface area contributed by atoms with Crippen LogP contribution in [0.3, 0.4) is 0 Å². The number of amides is 1. The minimum absolute atomic E-state index is 0.0379. The molecule has 0 radical (unpaired) electrons. The average molecular weight is 483 g/mol. The monoisotopic (exact) mass is 482 g/mol. The lowest BCUT2D eigenvalue weighted by Gasteiger charge is -2.30. The van der Waals surface area contributed by atoms with Crippen molar-refractivity contribution < 1.29 is 29.1 Å². The average Bonchev–Trinajstić information content (AvgIpc) is 3.12. The number of benzene rings is 2. The van der Waals surface area contributed by atoms with Crippen molar-refractivity contribution >= 4 is 29.1 Å². The molecule has 0 saturated carbocycles. The van der Waals surface area contributed by atoms with Crippen LogP contribution in [0.5, 0.6) is 5.75 Å². The first-order valence-electron chi connectivity index (χ1n) is 11.3. The molecule has 1 atom stereocenters. The van der Waals surface area contributed by atoms with Crippen LogP contribution in [0.15, 0.2) is 66.8 Å². The van der Waals surface area contributed by atoms with Gasteiger partial charge in [-0.2, -0.15) is 0 Å². The first kappa shape index (κ1) is 24.0. The number of Topliss-reactive ketones (excluding diaryl/α,β-unsaturated/α-hetero) is 1. The van der Waals surface area contributed by atoms with E-state index in [1.54, 1.807) is 54.6 Å². The highest BCUT2D eigenvalue weighted by Gasteiger charge is 2.44. The zero-order chi connectivity index (χ0) is 24.1. The number of quaternary nitrogens is 1. The van der Waals surface area contributed by atoms with E-state index in [2.05, 4.69) is 6.58 Å². The second-order valence-corrected chi connectivity index (χ2v) is 8.70. The number of ketones is 1. The van der Waals surface area contributed by atoms with E-state index in [0.717, 1.165) is 13.1 Å². The number of nitrogens with one attached hydrogen (secondary N) is 1. The lowest BCUT2D eigenvalue weighted by molar-refractivity contribution is -0.907. The molecule has 4 rings (SSSR count). The fourth-order valence-electron chi connectivity index (χ4n) is 4.29. The smallest absolute Gasteiger partial charge is 0.295 e. The molecule has 2 heterocycles. The molecule has 1 amide bonds. The summed E-state index contributed by atoms with van der Waals surface area (Å²) in [6.07, 6.45) is 1.65. The largest absolute Gasteiger partial charge is 0.872 e. The third-order valence-corrected chi connectivity index (χ3v) is 6.36. The van der Waals surface area contributed by atoms with E-state index in [-0.39, 0.29) is 5.57 Å². The summed E-state index contributed by atoms with van der Waals surface area (Å²) < 4.78 is 11.0. The van der Waals surface area contributed by atoms with Gasteiger partial charge in [0.15, 0.2) is 0 Å². The molecule has 0 bridgehead atoms. The van der Waals surface area contributed by atoms with Crippen molar-refractivity contribution in [3.8, 4) is 5.75 Å². The summed E-state index contributed by atoms with van der Waals surface area (Å²) in [7, 11) is 0. The fourth-order valence-corrected chi connectivity index (χ4v) is 4.42. The Hall–Kier alpha value is -3.13. The van der Waals surface area contributed by atoms with Crippen LogP contribution < -0.4 is 14.7 Å². The molecular formula is C26H27ClN2O5. The van der Waals surface area contributed by atoms with Crippen molar-refractivity contribution in [2.24, 2.45) is 0 Å². The van der Waals surface area contributed by atoms with Crippen molar-refractivity contribution in [1.29, 1.82) is 0 Å². The molecule has 7 nitrogen and oxygen atoms in total. The standard InChI is InChI=1S/C26H27ClN2O5/c1-2-15-34-21-9-5-18(6-10-21)23-22(24(30)19-3-7-20(27)8-4-19)25(31)26(32)29(23)12-11-28-13-16-33-17-14-28/h2-10,23,30H,1,11-17H2. The maximum atomic E-state index is 13.4. The Morgan fingerprint density at radius 1 is 1.15 bits per heavy atom. The molecule has 2 fully saturated rings. The number of hydrogen-bond acceptors (Lipinski definition) is 5. The summed E-state index contributed by atoms with van der Waals surface area (Å²) in [5.41, 5.74) is 0.959. The Bertz CT molecular complexity index is 1080. The van der Waals surface area contributed by atoms with Gasteiger partial charge in [-0.3, -0.25) is 9.59 Å². The van der Waals surface area contributed by atoms with Gasteiger partial charge in [0.25, 0.3) is 5.91 Å². The summed E-state index contributed by atoms with van der Waals surface area (Å²) >= 11 is 5.96. The Balaban J connectivity index is 1.70. The first-order chi connectivity index (χ1) is 16.5. The zero-order valence-electron chi connectivity index (χ0n) is 18.8. The van der Waals surface area contributed by atoms with E-state index in [1.165, 1.54) is 9.80 Å². The van der Waals surface area contributed by atoms with Crippen molar-refractivity contribution in [2.45, 2.75) is 6.04 Å². The van der Waals surface area contributed by atoms with Crippen LogP contribution in [0.4, 0.5) is 0 Å². The Morgan fingerprint density at radius 3 is 2.47 bits per heavy atom. The highest BCUT2D eigenvalue weighted by Crippen LogP contribution is 2.39. The Morgan fingerprint density at radius 2 is 1.82 bits per heavy atom. The highest BCUT2D eigenvalue weighted by atomic mass is 35.5. The maximum Gasteiger partial charge on any atom is 0.295 e. The minimum Gasteiger partial charge on any atom is -0.872 e. The topological polar surface area (TPSA) is 83.3 Å². The van der Waals surface area contributed by atoms with Crippen LogP contribution in [0.25, 0.3) is 5.76 Å². The van der Waals surface area contributed by atoms with E-state index in [0.29, 0.717) is 54.8 Å². The molecule has 1 unspecified atom stereocenters. The van der Waals surface area contributed by atoms with Gasteiger partial charge in [-0.05, 0) is 35.4 Å². The number of nitrogens with zero attached hydrogens (tertiary/aromatic N) is 1. The molecule has 2 aromatic carbocycles. The molecule has 8 heteroatoms. The van der Waals surface area contributed by atoms with Gasteiger partial charge in [0, 0.05) is 10.6 Å². The molecule has 2 aromatic rings. The lowest BCUT2D eigenvalue weighted by Crippen LogP contribution is -3.14. The Labute approximate surface area is 203 Å². The lowest BCUT2D eigenvalue weighted by atomic mass is 9.95. The molecule has 0 aromatic heterocycles. The highest BCUT2D eigenvalue weighted by molar-refractivity contribution is 6.46. The summed E-state index contributed by atoms with van der Waals surface area (Å²) in [6, 6.07) is 12.7. The van der Waals surface area contributed by atoms with E-state index >= 15 is 0 Å². The van der Waals surface area contributed by atoms with Gasteiger partial charge in [0.1, 0.15) is 25.4 Å². The van der Waals surface area contributed by atoms with Gasteiger partial charge < -0.3 is 24.4 Å². The van der Waals surface area contributed by atoms with Gasteiger partial charge in [-0.1, -0.05) is 54.3 Å². The summed E-state index contributed by atoms with van der Waals surface area (Å²) in [5.74, 6) is -1.24. The molecule has 2 saturated heterocycles. The maximum absolute atomic E-state index is 13.4. The predicted octanol–water partition coefficient (Wildman–Crippen LogP) is 1.04. The second-order valence-electron chi connectivity index (χ2n) is 8.26. The minimum atomic E-state index is -0.767. The number of hydrogen-bond donors (Lipinski definition) is 1. The number of carbonyl (C=O) groups excluding carboxylic acids is 2. The third-order valence-electron chi connectivity index (χ3n) is 6.11. The molecule has 2 aliphatic heterocycles. The molecule has 34 heavy (non-hydrogen) atoms. The van der Waals surface area contributed by atoms with Gasteiger partial charge in [-0.15, -0.1) is 0 Å². The van der Waals surface area contributed by atoms with Crippen molar-refractivity contribution in [3.05, 3.63) is 82.9 Å². The zero-order valence-corrected chi connectivity index (χ0v) is 19.6. The van der Waals surface area contributed by atoms with Crippen molar-refractivity contribution in [3.63, 3.8) is 0 Å². The van der Waals surface area contributed by atoms with E-state index in [4.69, 9.17) is 21.1 Å². The van der Waals surface area contributed by atoms with Crippen LogP contribution in [0.1, 0.15) is 17.2 Å². The summed E-state index contributed by atoms with van der Waals surface area (Å²) in [4.78, 5) is 29.0. The van der Waals surface area contributed by atoms with Gasteiger partial charge >= 0.3 is 0 Å². The molecule has 1 N–H and O–H groups in total. The third kappa shape index (κ3) is 5.17. The number of rotatable bonds is 8.